The quantitative estimate of drug-likeness (QED) is 0.0494. The lowest BCUT2D eigenvalue weighted by atomic mass is 9.82. The van der Waals surface area contributed by atoms with E-state index in [2.05, 4.69) is 0 Å². The van der Waals surface area contributed by atoms with Gasteiger partial charge in [0.2, 0.25) is 12.6 Å². The SMILES string of the molecule is CSC(=O)OCC1=C[C@H](O)C2C(C(=O)O)=CO[C@@H](O[C@@H]3O[C@H](CO)[C@@H](OC(=O)C4=CO[C@@H](O[C@@H]5O[C@H](CO)[C@@H](O)[C@H](O)[C@H]5O)[C@@H]5C(COC(=O)SC)=C[C@H](O)[C@H]45)[C@H](O)[C@H]3O)C12. The van der Waals surface area contributed by atoms with Crippen molar-refractivity contribution in [2.45, 2.75) is 86.2 Å². The van der Waals surface area contributed by atoms with Crippen LogP contribution < -0.4 is 0 Å². The average Bonchev–Trinajstić information content (AvgIpc) is 3.77. The van der Waals surface area contributed by atoms with E-state index < -0.39 is 159 Å². The van der Waals surface area contributed by atoms with Gasteiger partial charge in [0, 0.05) is 11.8 Å². The minimum Gasteiger partial charge on any atom is -0.478 e. The number of rotatable bonds is 13. The van der Waals surface area contributed by atoms with E-state index in [0.29, 0.717) is 0 Å². The van der Waals surface area contributed by atoms with Gasteiger partial charge in [0.05, 0.1) is 60.9 Å². The van der Waals surface area contributed by atoms with Crippen molar-refractivity contribution in [1.82, 2.24) is 0 Å². The largest absolute Gasteiger partial charge is 0.478 e. The van der Waals surface area contributed by atoms with Crippen LogP contribution in [0.15, 0.2) is 47.0 Å². The first kappa shape index (κ1) is 47.1. The summed E-state index contributed by atoms with van der Waals surface area (Å²) in [5.41, 5.74) is -0.334. The Hall–Kier alpha value is -3.38. The zero-order valence-corrected chi connectivity index (χ0v) is 33.8. The molecule has 23 nitrogen and oxygen atoms in total. The predicted octanol–water partition coefficient (Wildman–Crippen LogP) is -3.20. The molecule has 25 heteroatoms. The van der Waals surface area contributed by atoms with Crippen molar-refractivity contribution < 1.29 is 113 Å². The fourth-order valence-corrected chi connectivity index (χ4v) is 8.41. The lowest BCUT2D eigenvalue weighted by molar-refractivity contribution is -0.342. The zero-order chi connectivity index (χ0) is 44.4. The van der Waals surface area contributed by atoms with Crippen LogP contribution in [0, 0.1) is 23.7 Å². The number of aliphatic hydroxyl groups excluding tert-OH is 9. The van der Waals surface area contributed by atoms with E-state index in [0.717, 1.165) is 36.0 Å². The van der Waals surface area contributed by atoms with Gasteiger partial charge in [0.15, 0.2) is 18.7 Å². The molecule has 0 radical (unpaired) electrons. The number of carbonyl (C=O) groups is 4. The molecule has 0 aromatic carbocycles. The second-order valence-electron chi connectivity index (χ2n) is 14.6. The molecular formula is C36H46O23S2. The maximum atomic E-state index is 13.9. The molecule has 0 aromatic heterocycles. The molecule has 4 heterocycles. The summed E-state index contributed by atoms with van der Waals surface area (Å²) in [7, 11) is 0. The van der Waals surface area contributed by atoms with Gasteiger partial charge in [-0.3, -0.25) is 0 Å². The van der Waals surface area contributed by atoms with Crippen molar-refractivity contribution in [1.29, 1.82) is 0 Å². The number of ether oxygens (including phenoxy) is 9. The number of carbonyl (C=O) groups excluding carboxylic acids is 3. The lowest BCUT2D eigenvalue weighted by Crippen LogP contribution is -2.61. The molecule has 10 N–H and O–H groups in total. The third kappa shape index (κ3) is 9.60. The van der Waals surface area contributed by atoms with Crippen LogP contribution in [0.3, 0.4) is 0 Å². The summed E-state index contributed by atoms with van der Waals surface area (Å²) in [4.78, 5) is 49.8. The van der Waals surface area contributed by atoms with Gasteiger partial charge in [-0.2, -0.15) is 0 Å². The van der Waals surface area contributed by atoms with Gasteiger partial charge in [0.25, 0.3) is 0 Å². The molecule has 0 spiro atoms. The molecule has 2 unspecified atom stereocenters. The Bertz CT molecular complexity index is 1770. The highest BCUT2D eigenvalue weighted by atomic mass is 32.2. The highest BCUT2D eigenvalue weighted by Gasteiger charge is 2.56. The van der Waals surface area contributed by atoms with Gasteiger partial charge in [0.1, 0.15) is 55.9 Å². The van der Waals surface area contributed by atoms with Crippen molar-refractivity contribution in [3.63, 3.8) is 0 Å². The van der Waals surface area contributed by atoms with Gasteiger partial charge in [-0.05, 0) is 47.2 Å². The summed E-state index contributed by atoms with van der Waals surface area (Å²) in [6.45, 7) is -2.55. The maximum absolute atomic E-state index is 13.9. The second kappa shape index (κ2) is 20.0. The van der Waals surface area contributed by atoms with Crippen LogP contribution in [0.1, 0.15) is 0 Å². The maximum Gasteiger partial charge on any atom is 0.367 e. The number of carboxylic acids is 1. The molecule has 61 heavy (non-hydrogen) atoms. The Morgan fingerprint density at radius 3 is 1.54 bits per heavy atom. The van der Waals surface area contributed by atoms with Crippen molar-refractivity contribution in [3.8, 4) is 0 Å². The number of esters is 1. The molecule has 6 rings (SSSR count). The minimum atomic E-state index is -2.05. The van der Waals surface area contributed by atoms with Crippen LogP contribution in [0.5, 0.6) is 0 Å². The predicted molar refractivity (Wildman–Crippen MR) is 199 cm³/mol. The fourth-order valence-electron chi connectivity index (χ4n) is 8.05. The number of aliphatic carboxylic acids is 1. The Morgan fingerprint density at radius 1 is 0.607 bits per heavy atom. The standard InChI is InChI=1S/C36H46O23S2/c1-60-35(49)53-7-11-3-15(39)21-13(29(46)47)9-51-31(19(11)21)59-34-27(45)25(43)28(18(6-38)56-34)57-30(48)14-10-52-32(58-33-26(44)24(42)23(41)17(5-37)55-33)20-12(4-16(40)22(14)20)8-54-36(50)61-2/h3-4,9-10,15-28,31-34,37-45H,5-8H2,1-2H3,(H,46,47)/t15-,16-,17+,18+,19?,20+,21?,22-,23+,24-,25+,26+,27+,28+,31-,32-,33-,34-/m0/s1. The van der Waals surface area contributed by atoms with Gasteiger partial charge >= 0.3 is 22.5 Å². The summed E-state index contributed by atoms with van der Waals surface area (Å²) < 4.78 is 50.1. The average molecular weight is 911 g/mol. The molecule has 4 aliphatic heterocycles. The van der Waals surface area contributed by atoms with Crippen LogP contribution >= 0.6 is 23.5 Å². The number of fused-ring (bicyclic) bond motifs is 2. The third-order valence-corrected chi connectivity index (χ3v) is 12.0. The molecule has 0 bridgehead atoms. The normalized spacial score (nSPS) is 40.4. The first-order valence-electron chi connectivity index (χ1n) is 18.6. The van der Waals surface area contributed by atoms with Crippen LogP contribution in [0.2, 0.25) is 0 Å². The van der Waals surface area contributed by atoms with E-state index in [1.807, 2.05) is 0 Å². The second-order valence-corrected chi connectivity index (χ2v) is 16.0. The number of carboxylic acid groups (broad SMARTS) is 1. The van der Waals surface area contributed by atoms with E-state index in [-0.39, 0.29) is 22.3 Å². The summed E-state index contributed by atoms with van der Waals surface area (Å²) >= 11 is 1.51. The van der Waals surface area contributed by atoms with Crippen molar-refractivity contribution in [2.24, 2.45) is 23.7 Å². The van der Waals surface area contributed by atoms with E-state index in [1.54, 1.807) is 0 Å². The zero-order valence-electron chi connectivity index (χ0n) is 32.1. The van der Waals surface area contributed by atoms with Crippen LogP contribution in [-0.2, 0) is 52.2 Å². The van der Waals surface area contributed by atoms with E-state index in [9.17, 15) is 70.2 Å². The van der Waals surface area contributed by atoms with E-state index in [4.69, 9.17) is 42.6 Å². The molecule has 2 saturated heterocycles. The van der Waals surface area contributed by atoms with Gasteiger partial charge in [-0.25, -0.2) is 19.2 Å². The lowest BCUT2D eigenvalue weighted by Gasteiger charge is -2.44. The first-order valence-corrected chi connectivity index (χ1v) is 21.1. The van der Waals surface area contributed by atoms with E-state index >= 15 is 0 Å². The highest BCUT2D eigenvalue weighted by Crippen LogP contribution is 2.47. The molecular weight excluding hydrogens is 865 g/mol. The Morgan fingerprint density at radius 2 is 1.07 bits per heavy atom. The summed E-state index contributed by atoms with van der Waals surface area (Å²) in [5, 5.41) is 104. The van der Waals surface area contributed by atoms with Gasteiger partial charge in [-0.15, -0.1) is 0 Å². The first-order chi connectivity index (χ1) is 29.0. The molecule has 340 valence electrons. The molecule has 2 fully saturated rings. The number of hydrogen-bond acceptors (Lipinski definition) is 24. The van der Waals surface area contributed by atoms with Gasteiger partial charge in [-0.1, -0.05) is 12.2 Å². The van der Waals surface area contributed by atoms with Crippen molar-refractivity contribution >= 4 is 46.1 Å². The number of aliphatic hydroxyl groups is 9. The number of thioether (sulfide) groups is 2. The van der Waals surface area contributed by atoms with Crippen LogP contribution in [0.25, 0.3) is 0 Å². The van der Waals surface area contributed by atoms with Crippen molar-refractivity contribution in [3.05, 3.63) is 47.0 Å². The summed E-state index contributed by atoms with van der Waals surface area (Å²) in [5.74, 6) is -7.45. The van der Waals surface area contributed by atoms with Crippen molar-refractivity contribution in [2.75, 3.05) is 38.9 Å². The van der Waals surface area contributed by atoms with E-state index in [1.165, 1.54) is 24.7 Å². The Labute approximate surface area is 354 Å². The third-order valence-electron chi connectivity index (χ3n) is 11.1. The topological polar surface area (TPSA) is 354 Å². The molecule has 0 amide bonds. The fraction of sp³-hybridized carbons (Fsp3) is 0.667. The minimum absolute atomic E-state index is 0.172. The van der Waals surface area contributed by atoms with Gasteiger partial charge < -0.3 is 93.7 Å². The summed E-state index contributed by atoms with van der Waals surface area (Å²) in [6, 6.07) is 0. The Kier molecular flexibility index (Phi) is 15.4. The van der Waals surface area contributed by atoms with Crippen LogP contribution in [-0.4, -0.2) is 199 Å². The molecule has 6 aliphatic rings. The summed E-state index contributed by atoms with van der Waals surface area (Å²) in [6.07, 6.45) is -16.7. The smallest absolute Gasteiger partial charge is 0.367 e. The highest BCUT2D eigenvalue weighted by molar-refractivity contribution is 8.12. The molecule has 18 atom stereocenters. The number of hydrogen-bond donors (Lipinski definition) is 10. The molecule has 2 aliphatic carbocycles. The molecule has 0 aromatic rings. The molecule has 0 saturated carbocycles. The Balaban J connectivity index is 1.19. The monoisotopic (exact) mass is 910 g/mol. The van der Waals surface area contributed by atoms with Crippen LogP contribution in [0.4, 0.5) is 9.59 Å².